The zero-order valence-electron chi connectivity index (χ0n) is 12.9. The summed E-state index contributed by atoms with van der Waals surface area (Å²) >= 11 is 6.12. The van der Waals surface area contributed by atoms with Crippen LogP contribution in [0.15, 0.2) is 18.2 Å². The number of urea groups is 1. The van der Waals surface area contributed by atoms with Crippen LogP contribution in [-0.2, 0) is 4.79 Å². The second-order valence-corrected chi connectivity index (χ2v) is 5.79. The highest BCUT2D eigenvalue weighted by molar-refractivity contribution is 6.33. The lowest BCUT2D eigenvalue weighted by Gasteiger charge is -2.19. The smallest absolute Gasteiger partial charge is 0.319 e. The van der Waals surface area contributed by atoms with Gasteiger partial charge in [-0.05, 0) is 31.0 Å². The molecule has 1 unspecified atom stereocenters. The summed E-state index contributed by atoms with van der Waals surface area (Å²) in [7, 11) is 0. The van der Waals surface area contributed by atoms with Gasteiger partial charge in [-0.2, -0.15) is 5.26 Å². The number of anilines is 2. The Morgan fingerprint density at radius 1 is 1.52 bits per heavy atom. The fraction of sp³-hybridized carbons (Fsp3) is 0.438. The fourth-order valence-corrected chi connectivity index (χ4v) is 2.61. The molecule has 1 aromatic rings. The van der Waals surface area contributed by atoms with Crippen LogP contribution in [0.4, 0.5) is 16.2 Å². The average Bonchev–Trinajstić information content (AvgIpc) is 2.95. The molecule has 7 heteroatoms. The maximum atomic E-state index is 12.0. The van der Waals surface area contributed by atoms with Crippen LogP contribution in [0.25, 0.3) is 0 Å². The van der Waals surface area contributed by atoms with E-state index in [9.17, 15) is 9.59 Å². The lowest BCUT2D eigenvalue weighted by molar-refractivity contribution is -0.117. The molecule has 0 saturated carbocycles. The van der Waals surface area contributed by atoms with Crippen LogP contribution < -0.4 is 15.5 Å². The first-order chi connectivity index (χ1) is 11.0. The van der Waals surface area contributed by atoms with Crippen LogP contribution in [-0.4, -0.2) is 24.5 Å². The lowest BCUT2D eigenvalue weighted by atomic mass is 10.2. The number of carbonyl (C=O) groups is 2. The van der Waals surface area contributed by atoms with Gasteiger partial charge in [0.05, 0.1) is 23.2 Å². The molecule has 23 heavy (non-hydrogen) atoms. The molecule has 1 aromatic carbocycles. The van der Waals surface area contributed by atoms with Crippen molar-refractivity contribution in [3.05, 3.63) is 23.2 Å². The minimum Gasteiger partial charge on any atom is -0.334 e. The van der Waals surface area contributed by atoms with Crippen molar-refractivity contribution in [2.75, 3.05) is 16.8 Å². The number of amides is 3. The van der Waals surface area contributed by atoms with Crippen molar-refractivity contribution in [1.29, 1.82) is 5.26 Å². The molecule has 1 aliphatic heterocycles. The van der Waals surface area contributed by atoms with E-state index in [1.807, 2.05) is 13.0 Å². The van der Waals surface area contributed by atoms with Gasteiger partial charge in [0, 0.05) is 24.7 Å². The first-order valence-corrected chi connectivity index (χ1v) is 7.97. The van der Waals surface area contributed by atoms with E-state index in [4.69, 9.17) is 16.9 Å². The van der Waals surface area contributed by atoms with Gasteiger partial charge in [-0.25, -0.2) is 4.79 Å². The summed E-state index contributed by atoms with van der Waals surface area (Å²) in [6, 6.07) is 6.52. The molecule has 1 aliphatic rings. The van der Waals surface area contributed by atoms with Gasteiger partial charge in [-0.15, -0.1) is 0 Å². The van der Waals surface area contributed by atoms with Crippen molar-refractivity contribution in [3.63, 3.8) is 0 Å². The second kappa shape index (κ2) is 7.84. The molecule has 0 aromatic heterocycles. The molecule has 1 atom stereocenters. The first-order valence-electron chi connectivity index (χ1n) is 7.59. The number of hydrogen-bond donors (Lipinski definition) is 2. The Hall–Kier alpha value is -2.26. The van der Waals surface area contributed by atoms with Gasteiger partial charge in [-0.3, -0.25) is 4.79 Å². The molecule has 1 saturated heterocycles. The molecule has 122 valence electrons. The van der Waals surface area contributed by atoms with E-state index in [-0.39, 0.29) is 18.4 Å². The predicted octanol–water partition coefficient (Wildman–Crippen LogP) is 3.28. The largest absolute Gasteiger partial charge is 0.334 e. The van der Waals surface area contributed by atoms with Crippen LogP contribution in [0.3, 0.4) is 0 Å². The van der Waals surface area contributed by atoms with Gasteiger partial charge in [0.2, 0.25) is 5.91 Å². The standard InChI is InChI=1S/C16H19ClN4O2/c1-2-11(7-8-18)19-16(23)20-14-10-12(5-6-13(14)17)21-9-3-4-15(21)22/h5-6,10-11H,2-4,7,9H2,1H3,(H2,19,20,23). The predicted molar refractivity (Wildman–Crippen MR) is 89.5 cm³/mol. The van der Waals surface area contributed by atoms with Gasteiger partial charge in [-0.1, -0.05) is 18.5 Å². The molecule has 0 aliphatic carbocycles. The molecule has 0 spiro atoms. The van der Waals surface area contributed by atoms with Crippen LogP contribution in [0, 0.1) is 11.3 Å². The maximum Gasteiger partial charge on any atom is 0.319 e. The first kappa shape index (κ1) is 17.1. The lowest BCUT2D eigenvalue weighted by Crippen LogP contribution is -2.37. The third-order valence-electron chi connectivity index (χ3n) is 3.75. The summed E-state index contributed by atoms with van der Waals surface area (Å²) in [5.74, 6) is 0.0720. The van der Waals surface area contributed by atoms with Crippen molar-refractivity contribution in [3.8, 4) is 6.07 Å². The quantitative estimate of drug-likeness (QED) is 0.866. The monoisotopic (exact) mass is 334 g/mol. The Morgan fingerprint density at radius 3 is 2.91 bits per heavy atom. The number of carbonyl (C=O) groups excluding carboxylic acids is 2. The summed E-state index contributed by atoms with van der Waals surface area (Å²) in [4.78, 5) is 25.5. The van der Waals surface area contributed by atoms with E-state index in [1.54, 1.807) is 23.1 Å². The number of nitrogens with one attached hydrogen (secondary N) is 2. The van der Waals surface area contributed by atoms with Crippen molar-refractivity contribution < 1.29 is 9.59 Å². The molecule has 1 fully saturated rings. The second-order valence-electron chi connectivity index (χ2n) is 5.38. The van der Waals surface area contributed by atoms with Crippen molar-refractivity contribution in [2.24, 2.45) is 0 Å². The van der Waals surface area contributed by atoms with E-state index >= 15 is 0 Å². The minimum atomic E-state index is -0.418. The fourth-order valence-electron chi connectivity index (χ4n) is 2.45. The molecule has 0 bridgehead atoms. The Balaban J connectivity index is 2.08. The molecule has 3 amide bonds. The maximum absolute atomic E-state index is 12.0. The SMILES string of the molecule is CCC(CC#N)NC(=O)Nc1cc(N2CCCC2=O)ccc1Cl. The number of benzene rings is 1. The molecular weight excluding hydrogens is 316 g/mol. The Labute approximate surface area is 140 Å². The Kier molecular flexibility index (Phi) is 5.83. The van der Waals surface area contributed by atoms with E-state index in [1.165, 1.54) is 0 Å². The Morgan fingerprint density at radius 2 is 2.30 bits per heavy atom. The van der Waals surface area contributed by atoms with Crippen LogP contribution in [0.5, 0.6) is 0 Å². The number of halogens is 1. The molecule has 2 rings (SSSR count). The van der Waals surface area contributed by atoms with E-state index in [0.29, 0.717) is 30.1 Å². The van der Waals surface area contributed by atoms with Gasteiger partial charge >= 0.3 is 6.03 Å². The third kappa shape index (κ3) is 4.36. The molecular formula is C16H19ClN4O2. The number of nitriles is 1. The van der Waals surface area contributed by atoms with Gasteiger partial charge in [0.25, 0.3) is 0 Å². The highest BCUT2D eigenvalue weighted by atomic mass is 35.5. The minimum absolute atomic E-state index is 0.0720. The van der Waals surface area contributed by atoms with Crippen molar-refractivity contribution >= 4 is 34.9 Å². The van der Waals surface area contributed by atoms with Gasteiger partial charge in [0.1, 0.15) is 0 Å². The molecule has 0 radical (unpaired) electrons. The van der Waals surface area contributed by atoms with E-state index in [0.717, 1.165) is 12.1 Å². The normalized spacial score (nSPS) is 15.2. The van der Waals surface area contributed by atoms with Crippen LogP contribution in [0.1, 0.15) is 32.6 Å². The molecule has 2 N–H and O–H groups in total. The topological polar surface area (TPSA) is 85.2 Å². The summed E-state index contributed by atoms with van der Waals surface area (Å²) in [6.45, 7) is 2.57. The zero-order chi connectivity index (χ0) is 16.8. The zero-order valence-corrected chi connectivity index (χ0v) is 13.7. The van der Waals surface area contributed by atoms with E-state index < -0.39 is 6.03 Å². The van der Waals surface area contributed by atoms with Crippen LogP contribution in [0.2, 0.25) is 5.02 Å². The highest BCUT2D eigenvalue weighted by Crippen LogP contribution is 2.29. The summed E-state index contributed by atoms with van der Waals surface area (Å²) in [5.41, 5.74) is 1.16. The van der Waals surface area contributed by atoms with Crippen molar-refractivity contribution in [2.45, 2.75) is 38.6 Å². The average molecular weight is 335 g/mol. The van der Waals surface area contributed by atoms with E-state index in [2.05, 4.69) is 10.6 Å². The third-order valence-corrected chi connectivity index (χ3v) is 4.08. The Bertz CT molecular complexity index is 641. The van der Waals surface area contributed by atoms with Gasteiger partial charge < -0.3 is 15.5 Å². The summed E-state index contributed by atoms with van der Waals surface area (Å²) in [6.07, 6.45) is 2.28. The van der Waals surface area contributed by atoms with Crippen molar-refractivity contribution in [1.82, 2.24) is 5.32 Å². The number of nitrogens with zero attached hydrogens (tertiary/aromatic N) is 2. The highest BCUT2D eigenvalue weighted by Gasteiger charge is 2.22. The van der Waals surface area contributed by atoms with Crippen LogP contribution >= 0.6 is 11.6 Å². The summed E-state index contributed by atoms with van der Waals surface area (Å²) < 4.78 is 0. The summed E-state index contributed by atoms with van der Waals surface area (Å²) in [5, 5.41) is 14.5. The number of rotatable bonds is 5. The molecule has 6 nitrogen and oxygen atoms in total. The van der Waals surface area contributed by atoms with Gasteiger partial charge in [0.15, 0.2) is 0 Å². The molecule has 1 heterocycles. The number of hydrogen-bond acceptors (Lipinski definition) is 3.